The topological polar surface area (TPSA) is 205 Å². The van der Waals surface area contributed by atoms with E-state index in [1.54, 1.807) is 6.92 Å². The fourth-order valence-corrected chi connectivity index (χ4v) is 5.59. The molecule has 0 spiro atoms. The van der Waals surface area contributed by atoms with Crippen molar-refractivity contribution in [2.75, 3.05) is 0 Å². The van der Waals surface area contributed by atoms with Crippen LogP contribution in [0.25, 0.3) is 0 Å². The van der Waals surface area contributed by atoms with Crippen molar-refractivity contribution in [3.8, 4) is 5.75 Å². The summed E-state index contributed by atoms with van der Waals surface area (Å²) in [7, 11) is 0. The number of carbonyl (C=O) groups is 4. The number of Topliss-reactive ketones (excluding diaryl/α,β-unsaturated/α-hetero) is 2. The summed E-state index contributed by atoms with van der Waals surface area (Å²) in [4.78, 5) is 50.8. The fraction of sp³-hybridized carbons (Fsp3) is 0.391. The van der Waals surface area contributed by atoms with Crippen molar-refractivity contribution in [2.45, 2.75) is 42.7 Å². The first-order valence-electron chi connectivity index (χ1n) is 10.4. The van der Waals surface area contributed by atoms with E-state index >= 15 is 0 Å². The molecule has 180 valence electrons. The minimum atomic E-state index is -3.33. The number of ketones is 2. The number of rotatable bonds is 3. The van der Waals surface area contributed by atoms with Gasteiger partial charge in [-0.2, -0.15) is 0 Å². The number of amides is 1. The third-order valence-electron chi connectivity index (χ3n) is 7.19. The molecule has 34 heavy (non-hydrogen) atoms. The van der Waals surface area contributed by atoms with Crippen LogP contribution in [0.1, 0.15) is 35.2 Å². The quantitative estimate of drug-likeness (QED) is 0.182. The first-order chi connectivity index (χ1) is 15.8. The summed E-state index contributed by atoms with van der Waals surface area (Å²) in [5.74, 6) is -10.8. The Morgan fingerprint density at radius 1 is 1.24 bits per heavy atom. The van der Waals surface area contributed by atoms with Gasteiger partial charge in [0.25, 0.3) is 0 Å². The molecule has 2 unspecified atom stereocenters. The fourth-order valence-electron chi connectivity index (χ4n) is 5.59. The second-order valence-electron chi connectivity index (χ2n) is 8.86. The van der Waals surface area contributed by atoms with E-state index in [0.717, 1.165) is 6.08 Å². The number of phenols is 1. The SMILES string of the molecule is C=CC(=O)O[C@H]1[C@H]2C(=C(O)[C@]3(O)C(=O)C(C(N)=O)C(O)C[C@]13O)C(=O)c1c(O)cccc1[C@@H]2C. The van der Waals surface area contributed by atoms with E-state index in [1.807, 2.05) is 0 Å². The Morgan fingerprint density at radius 3 is 2.47 bits per heavy atom. The third kappa shape index (κ3) is 2.74. The second kappa shape index (κ2) is 7.49. The zero-order chi connectivity index (χ0) is 25.3. The molecule has 3 aliphatic carbocycles. The number of esters is 1. The number of hydrogen-bond donors (Lipinski definition) is 6. The summed E-state index contributed by atoms with van der Waals surface area (Å²) >= 11 is 0. The number of aromatic hydroxyl groups is 1. The Morgan fingerprint density at radius 2 is 1.88 bits per heavy atom. The summed E-state index contributed by atoms with van der Waals surface area (Å²) in [5.41, 5.74) is -1.45. The van der Waals surface area contributed by atoms with Gasteiger partial charge in [0.15, 0.2) is 11.6 Å². The van der Waals surface area contributed by atoms with Crippen LogP contribution in [0.2, 0.25) is 0 Å². The highest BCUT2D eigenvalue weighted by Crippen LogP contribution is 2.57. The van der Waals surface area contributed by atoms with Gasteiger partial charge in [0.1, 0.15) is 29.1 Å². The molecule has 0 bridgehead atoms. The van der Waals surface area contributed by atoms with Crippen LogP contribution in [0.4, 0.5) is 0 Å². The van der Waals surface area contributed by atoms with Gasteiger partial charge in [-0.3, -0.25) is 14.4 Å². The monoisotopic (exact) mass is 473 g/mol. The van der Waals surface area contributed by atoms with E-state index in [-0.39, 0.29) is 5.56 Å². The van der Waals surface area contributed by atoms with Crippen LogP contribution in [0.3, 0.4) is 0 Å². The summed E-state index contributed by atoms with van der Waals surface area (Å²) in [6.45, 7) is 4.85. The highest BCUT2D eigenvalue weighted by molar-refractivity contribution is 6.16. The number of carbonyl (C=O) groups excluding carboxylic acids is 4. The smallest absolute Gasteiger partial charge is 0.330 e. The first-order valence-corrected chi connectivity index (χ1v) is 10.4. The molecule has 1 saturated carbocycles. The van der Waals surface area contributed by atoms with Gasteiger partial charge in [0, 0.05) is 24.0 Å². The van der Waals surface area contributed by atoms with E-state index < -0.39 is 88.1 Å². The number of phenolic OH excluding ortho intramolecular Hbond substituents is 1. The first kappa shape index (κ1) is 23.6. The molecule has 11 heteroatoms. The van der Waals surface area contributed by atoms with Crippen molar-refractivity contribution in [1.82, 2.24) is 0 Å². The summed E-state index contributed by atoms with van der Waals surface area (Å²) < 4.78 is 5.35. The average molecular weight is 473 g/mol. The van der Waals surface area contributed by atoms with Crippen LogP contribution in [0, 0.1) is 11.8 Å². The van der Waals surface area contributed by atoms with Crippen LogP contribution >= 0.6 is 0 Å². The van der Waals surface area contributed by atoms with Gasteiger partial charge in [0.2, 0.25) is 11.5 Å². The van der Waals surface area contributed by atoms with Crippen LogP contribution in [-0.4, -0.2) is 72.4 Å². The minimum Gasteiger partial charge on any atom is -0.508 e. The molecule has 1 amide bonds. The number of nitrogens with two attached hydrogens (primary N) is 1. The van der Waals surface area contributed by atoms with Gasteiger partial charge in [-0.25, -0.2) is 4.79 Å². The van der Waals surface area contributed by atoms with Gasteiger partial charge in [0.05, 0.1) is 11.7 Å². The van der Waals surface area contributed by atoms with Crippen molar-refractivity contribution in [3.05, 3.63) is 53.3 Å². The Bertz CT molecular complexity index is 1190. The molecule has 0 heterocycles. The molecule has 0 aromatic heterocycles. The van der Waals surface area contributed by atoms with Crippen LogP contribution in [-0.2, 0) is 19.1 Å². The lowest BCUT2D eigenvalue weighted by Crippen LogP contribution is -2.77. The zero-order valence-electron chi connectivity index (χ0n) is 18.0. The Balaban J connectivity index is 2.07. The van der Waals surface area contributed by atoms with E-state index in [0.29, 0.717) is 5.56 Å². The Kier molecular flexibility index (Phi) is 5.20. The number of fused-ring (bicyclic) bond motifs is 3. The molecule has 11 nitrogen and oxygen atoms in total. The lowest BCUT2D eigenvalue weighted by atomic mass is 9.52. The number of benzene rings is 1. The van der Waals surface area contributed by atoms with Gasteiger partial charge in [-0.05, 0) is 17.5 Å². The number of aliphatic hydroxyl groups excluding tert-OH is 2. The average Bonchev–Trinajstić information content (AvgIpc) is 2.76. The van der Waals surface area contributed by atoms with Crippen molar-refractivity contribution < 1.29 is 49.4 Å². The predicted molar refractivity (Wildman–Crippen MR) is 112 cm³/mol. The molecular formula is C23H23NO10. The van der Waals surface area contributed by atoms with Crippen molar-refractivity contribution in [2.24, 2.45) is 17.6 Å². The van der Waals surface area contributed by atoms with Crippen LogP contribution < -0.4 is 5.73 Å². The van der Waals surface area contributed by atoms with Crippen molar-refractivity contribution in [3.63, 3.8) is 0 Å². The third-order valence-corrected chi connectivity index (χ3v) is 7.19. The molecule has 0 radical (unpaired) electrons. The van der Waals surface area contributed by atoms with Crippen LogP contribution in [0.5, 0.6) is 5.75 Å². The van der Waals surface area contributed by atoms with Gasteiger partial charge < -0.3 is 36.0 Å². The molecule has 3 aliphatic rings. The zero-order valence-corrected chi connectivity index (χ0v) is 18.0. The summed E-state index contributed by atoms with van der Waals surface area (Å²) in [6, 6.07) is 4.22. The molecule has 7 atom stereocenters. The maximum Gasteiger partial charge on any atom is 0.330 e. The molecule has 1 aromatic rings. The normalized spacial score (nSPS) is 36.8. The minimum absolute atomic E-state index is 0.203. The molecule has 1 aromatic carbocycles. The number of hydrogen-bond acceptors (Lipinski definition) is 10. The maximum absolute atomic E-state index is 13.5. The molecule has 4 rings (SSSR count). The predicted octanol–water partition coefficient (Wildman–Crippen LogP) is -0.871. The van der Waals surface area contributed by atoms with Gasteiger partial charge >= 0.3 is 5.97 Å². The largest absolute Gasteiger partial charge is 0.508 e. The highest BCUT2D eigenvalue weighted by atomic mass is 16.6. The van der Waals surface area contributed by atoms with E-state index in [1.165, 1.54) is 18.2 Å². The number of ether oxygens (including phenoxy) is 1. The molecule has 7 N–H and O–H groups in total. The highest BCUT2D eigenvalue weighted by Gasteiger charge is 2.74. The summed E-state index contributed by atoms with van der Waals surface area (Å²) in [6.07, 6.45) is -3.89. The standard InChI is InChI=1S/C23H23NO10/c1-3-12(27)34-20-13-8(2)9-5-4-6-10(25)14(9)17(28)16(13)19(30)23(33)18(29)15(21(24)31)11(26)7-22(20,23)32/h3-6,8,11,13,15,20,25-26,30,32-33H,1,7H2,2H3,(H2,24,31)/t8-,11?,13+,15?,20-,22-,23+/m0/s1. The Labute approximate surface area is 192 Å². The van der Waals surface area contributed by atoms with E-state index in [9.17, 15) is 44.7 Å². The molecular weight excluding hydrogens is 450 g/mol. The number of primary amides is 1. The maximum atomic E-state index is 13.5. The number of aliphatic hydroxyl groups is 4. The lowest BCUT2D eigenvalue weighted by Gasteiger charge is -2.57. The second-order valence-corrected chi connectivity index (χ2v) is 8.86. The van der Waals surface area contributed by atoms with Crippen molar-refractivity contribution >= 4 is 23.4 Å². The molecule has 0 aliphatic heterocycles. The van der Waals surface area contributed by atoms with E-state index in [2.05, 4.69) is 6.58 Å². The lowest BCUT2D eigenvalue weighted by molar-refractivity contribution is -0.248. The molecule has 1 fully saturated rings. The Hall–Kier alpha value is -3.54. The van der Waals surface area contributed by atoms with Crippen LogP contribution in [0.15, 0.2) is 42.2 Å². The summed E-state index contributed by atoms with van der Waals surface area (Å²) in [5, 5.41) is 55.1. The van der Waals surface area contributed by atoms with E-state index in [4.69, 9.17) is 10.5 Å². The molecule has 0 saturated heterocycles. The van der Waals surface area contributed by atoms with Gasteiger partial charge in [-0.1, -0.05) is 25.6 Å². The van der Waals surface area contributed by atoms with Gasteiger partial charge in [-0.15, -0.1) is 0 Å². The van der Waals surface area contributed by atoms with Crippen molar-refractivity contribution in [1.29, 1.82) is 0 Å².